The molecule has 0 amide bonds. The molecule has 2 N–H and O–H groups in total. The van der Waals surface area contributed by atoms with Crippen LogP contribution in [0.2, 0.25) is 0 Å². The SMILES string of the molecule is CO[C@H]1O[C@@H]2COC(c3ccccc3[N+](=O)[O-])O[C@H]2[C@H](O)[C@@H]1O. The molecule has 0 aliphatic carbocycles. The van der Waals surface area contributed by atoms with Crippen LogP contribution in [0, 0.1) is 10.1 Å². The molecule has 2 fully saturated rings. The summed E-state index contributed by atoms with van der Waals surface area (Å²) in [5.41, 5.74) is 0.101. The molecule has 9 heteroatoms. The number of hydrogen-bond acceptors (Lipinski definition) is 8. The van der Waals surface area contributed by atoms with Gasteiger partial charge in [0.1, 0.15) is 24.4 Å². The topological polar surface area (TPSA) is 121 Å². The maximum Gasteiger partial charge on any atom is 0.277 e. The Kier molecular flexibility index (Phi) is 4.57. The summed E-state index contributed by atoms with van der Waals surface area (Å²) in [6.45, 7) is 0.0466. The Bertz CT molecular complexity index is 580. The van der Waals surface area contributed by atoms with E-state index in [0.717, 1.165) is 0 Å². The van der Waals surface area contributed by atoms with Crippen molar-refractivity contribution in [2.45, 2.75) is 37.0 Å². The molecule has 1 unspecified atom stereocenters. The summed E-state index contributed by atoms with van der Waals surface area (Å²) in [4.78, 5) is 10.6. The summed E-state index contributed by atoms with van der Waals surface area (Å²) >= 11 is 0. The van der Waals surface area contributed by atoms with E-state index in [9.17, 15) is 20.3 Å². The van der Waals surface area contributed by atoms with Gasteiger partial charge in [-0.15, -0.1) is 0 Å². The van der Waals surface area contributed by atoms with E-state index in [1.54, 1.807) is 12.1 Å². The largest absolute Gasteiger partial charge is 0.387 e. The molecule has 0 spiro atoms. The van der Waals surface area contributed by atoms with E-state index in [-0.39, 0.29) is 17.9 Å². The van der Waals surface area contributed by atoms with E-state index in [0.29, 0.717) is 0 Å². The van der Waals surface area contributed by atoms with Crippen molar-refractivity contribution in [3.63, 3.8) is 0 Å². The van der Waals surface area contributed by atoms with Crippen LogP contribution in [-0.4, -0.2) is 59.6 Å². The van der Waals surface area contributed by atoms with Crippen LogP contribution in [0.15, 0.2) is 24.3 Å². The Balaban J connectivity index is 1.81. The Morgan fingerprint density at radius 3 is 2.70 bits per heavy atom. The van der Waals surface area contributed by atoms with Gasteiger partial charge in [0.25, 0.3) is 5.69 Å². The highest BCUT2D eigenvalue weighted by Gasteiger charge is 2.49. The Morgan fingerprint density at radius 1 is 1.26 bits per heavy atom. The molecule has 2 aliphatic heterocycles. The number of nitro groups is 1. The number of aliphatic hydroxyl groups excluding tert-OH is 2. The highest BCUT2D eigenvalue weighted by molar-refractivity contribution is 5.40. The summed E-state index contributed by atoms with van der Waals surface area (Å²) < 4.78 is 21.5. The minimum absolute atomic E-state index is 0.0466. The van der Waals surface area contributed by atoms with Gasteiger partial charge < -0.3 is 29.2 Å². The van der Waals surface area contributed by atoms with Gasteiger partial charge in [-0.05, 0) is 6.07 Å². The monoisotopic (exact) mass is 327 g/mol. The zero-order valence-corrected chi connectivity index (χ0v) is 12.3. The second-order valence-corrected chi connectivity index (χ2v) is 5.34. The number of hydrogen-bond donors (Lipinski definition) is 2. The van der Waals surface area contributed by atoms with Gasteiger partial charge in [-0.2, -0.15) is 0 Å². The predicted octanol–water partition coefficient (Wildman–Crippen LogP) is 0.102. The molecule has 6 atom stereocenters. The third-order valence-corrected chi connectivity index (χ3v) is 3.95. The van der Waals surface area contributed by atoms with Crippen LogP contribution in [0.4, 0.5) is 5.69 Å². The highest BCUT2D eigenvalue weighted by atomic mass is 16.8. The lowest BCUT2D eigenvalue weighted by Crippen LogP contribution is -2.62. The molecule has 1 aromatic rings. The number of benzene rings is 1. The molecule has 2 heterocycles. The second kappa shape index (κ2) is 6.48. The Labute approximate surface area is 131 Å². The number of methoxy groups -OCH3 is 1. The standard InChI is InChI=1S/C14H17NO8/c1-20-14-11(17)10(16)12-9(22-14)6-21-13(23-12)7-4-2-3-5-8(7)15(18)19/h2-5,9-14,16-17H,6H2,1H3/t9-,10-,11+,12-,13?,14+/m1/s1. The van der Waals surface area contributed by atoms with E-state index in [1.807, 2.05) is 0 Å². The second-order valence-electron chi connectivity index (χ2n) is 5.34. The summed E-state index contributed by atoms with van der Waals surface area (Å²) in [5.74, 6) is 0. The van der Waals surface area contributed by atoms with Crippen molar-refractivity contribution >= 4 is 5.69 Å². The quantitative estimate of drug-likeness (QED) is 0.592. The van der Waals surface area contributed by atoms with Gasteiger partial charge in [0.05, 0.1) is 17.1 Å². The number of rotatable bonds is 3. The van der Waals surface area contributed by atoms with E-state index in [4.69, 9.17) is 18.9 Å². The van der Waals surface area contributed by atoms with Gasteiger partial charge in [-0.25, -0.2) is 0 Å². The maximum atomic E-state index is 11.1. The molecule has 0 aromatic heterocycles. The zero-order valence-electron chi connectivity index (χ0n) is 12.3. The molecule has 126 valence electrons. The molecule has 2 saturated heterocycles. The molecule has 3 rings (SSSR count). The van der Waals surface area contributed by atoms with Crippen molar-refractivity contribution in [2.75, 3.05) is 13.7 Å². The fourth-order valence-corrected chi connectivity index (χ4v) is 2.78. The number of para-hydroxylation sites is 1. The van der Waals surface area contributed by atoms with Gasteiger partial charge >= 0.3 is 0 Å². The number of aliphatic hydroxyl groups is 2. The lowest BCUT2D eigenvalue weighted by molar-refractivity contribution is -0.391. The first-order chi connectivity index (χ1) is 11.0. The molecule has 0 bridgehead atoms. The number of nitrogens with zero attached hydrogens (tertiary/aromatic N) is 1. The van der Waals surface area contributed by atoms with Crippen LogP contribution in [0.25, 0.3) is 0 Å². The van der Waals surface area contributed by atoms with Crippen LogP contribution < -0.4 is 0 Å². The molecule has 9 nitrogen and oxygen atoms in total. The van der Waals surface area contributed by atoms with Crippen molar-refractivity contribution in [1.82, 2.24) is 0 Å². The van der Waals surface area contributed by atoms with Crippen molar-refractivity contribution in [1.29, 1.82) is 0 Å². The number of ether oxygens (including phenoxy) is 4. The normalized spacial score (nSPS) is 37.2. The van der Waals surface area contributed by atoms with Crippen molar-refractivity contribution < 1.29 is 34.1 Å². The molecule has 2 aliphatic rings. The summed E-state index contributed by atoms with van der Waals surface area (Å²) in [6.07, 6.45) is -6.07. The van der Waals surface area contributed by atoms with E-state index in [1.165, 1.54) is 19.2 Å². The van der Waals surface area contributed by atoms with Gasteiger partial charge in [0, 0.05) is 13.2 Å². The lowest BCUT2D eigenvalue weighted by Gasteiger charge is -2.45. The van der Waals surface area contributed by atoms with Gasteiger partial charge in [-0.1, -0.05) is 12.1 Å². The average Bonchev–Trinajstić information content (AvgIpc) is 2.57. The van der Waals surface area contributed by atoms with E-state index in [2.05, 4.69) is 0 Å². The van der Waals surface area contributed by atoms with Crippen LogP contribution >= 0.6 is 0 Å². The number of nitro benzene ring substituents is 1. The number of fused-ring (bicyclic) bond motifs is 1. The first kappa shape index (κ1) is 16.2. The molecular formula is C14H17NO8. The van der Waals surface area contributed by atoms with Crippen LogP contribution in [0.5, 0.6) is 0 Å². The minimum Gasteiger partial charge on any atom is -0.387 e. The molecule has 0 saturated carbocycles. The van der Waals surface area contributed by atoms with Crippen LogP contribution in [0.1, 0.15) is 11.9 Å². The van der Waals surface area contributed by atoms with Crippen molar-refractivity contribution in [2.24, 2.45) is 0 Å². The molecule has 23 heavy (non-hydrogen) atoms. The lowest BCUT2D eigenvalue weighted by atomic mass is 9.98. The Morgan fingerprint density at radius 2 is 2.00 bits per heavy atom. The third kappa shape index (κ3) is 2.94. The third-order valence-electron chi connectivity index (χ3n) is 3.95. The predicted molar refractivity (Wildman–Crippen MR) is 74.3 cm³/mol. The Hall–Kier alpha value is -1.62. The van der Waals surface area contributed by atoms with E-state index >= 15 is 0 Å². The average molecular weight is 327 g/mol. The maximum absolute atomic E-state index is 11.1. The minimum atomic E-state index is -1.29. The van der Waals surface area contributed by atoms with Crippen LogP contribution in [-0.2, 0) is 18.9 Å². The highest BCUT2D eigenvalue weighted by Crippen LogP contribution is 2.37. The fraction of sp³-hybridized carbons (Fsp3) is 0.571. The fourth-order valence-electron chi connectivity index (χ4n) is 2.78. The van der Waals surface area contributed by atoms with Gasteiger partial charge in [0.2, 0.25) is 0 Å². The summed E-state index contributed by atoms with van der Waals surface area (Å²) in [6, 6.07) is 6.04. The van der Waals surface area contributed by atoms with Crippen molar-refractivity contribution in [3.8, 4) is 0 Å². The first-order valence-electron chi connectivity index (χ1n) is 7.07. The van der Waals surface area contributed by atoms with Gasteiger partial charge in [0.15, 0.2) is 12.6 Å². The molecular weight excluding hydrogens is 310 g/mol. The molecule has 0 radical (unpaired) electrons. The van der Waals surface area contributed by atoms with Gasteiger partial charge in [-0.3, -0.25) is 10.1 Å². The zero-order chi connectivity index (χ0) is 16.6. The van der Waals surface area contributed by atoms with E-state index < -0.39 is 41.9 Å². The summed E-state index contributed by atoms with van der Waals surface area (Å²) in [7, 11) is 1.35. The van der Waals surface area contributed by atoms with Crippen LogP contribution in [0.3, 0.4) is 0 Å². The first-order valence-corrected chi connectivity index (χ1v) is 7.07. The summed E-state index contributed by atoms with van der Waals surface area (Å²) in [5, 5.41) is 31.2. The van der Waals surface area contributed by atoms with Crippen molar-refractivity contribution in [3.05, 3.63) is 39.9 Å². The smallest absolute Gasteiger partial charge is 0.277 e. The molecule has 1 aromatic carbocycles.